The van der Waals surface area contributed by atoms with Crippen LogP contribution in [0.1, 0.15) is 24.3 Å². The number of rotatable bonds is 4. The molecule has 2 rings (SSSR count). The Morgan fingerprint density at radius 1 is 1.22 bits per heavy atom. The van der Waals surface area contributed by atoms with Gasteiger partial charge in [0.1, 0.15) is 5.82 Å². The van der Waals surface area contributed by atoms with E-state index in [1.165, 1.54) is 4.88 Å². The van der Waals surface area contributed by atoms with Crippen LogP contribution in [0.5, 0.6) is 0 Å². The second-order valence-corrected chi connectivity index (χ2v) is 6.05. The summed E-state index contributed by atoms with van der Waals surface area (Å²) in [6.45, 7) is 6.91. The van der Waals surface area contributed by atoms with Crippen LogP contribution in [0.3, 0.4) is 0 Å². The predicted octanol–water partition coefficient (Wildman–Crippen LogP) is 4.36. The summed E-state index contributed by atoms with van der Waals surface area (Å²) in [5.41, 5.74) is 1.68. The molecule has 0 aliphatic heterocycles. The van der Waals surface area contributed by atoms with Gasteiger partial charge in [-0.25, -0.2) is 4.39 Å². The Balaban J connectivity index is 2.20. The molecular weight excluding hydrogens is 245 g/mol. The second-order valence-electron chi connectivity index (χ2n) is 4.76. The molecule has 0 aliphatic rings. The highest BCUT2D eigenvalue weighted by atomic mass is 32.1. The molecule has 0 unspecified atom stereocenters. The summed E-state index contributed by atoms with van der Waals surface area (Å²) >= 11 is 1.62. The topological polar surface area (TPSA) is 12.0 Å². The van der Waals surface area contributed by atoms with E-state index in [9.17, 15) is 4.39 Å². The lowest BCUT2D eigenvalue weighted by Gasteiger charge is -2.09. The highest BCUT2D eigenvalue weighted by Crippen LogP contribution is 2.30. The normalized spacial score (nSPS) is 11.2. The number of benzene rings is 1. The molecule has 0 saturated heterocycles. The first-order valence-corrected chi connectivity index (χ1v) is 6.96. The maximum absolute atomic E-state index is 14.0. The molecule has 0 radical (unpaired) electrons. The summed E-state index contributed by atoms with van der Waals surface area (Å²) in [5, 5.41) is 3.29. The van der Waals surface area contributed by atoms with Crippen molar-refractivity contribution in [3.05, 3.63) is 46.6 Å². The van der Waals surface area contributed by atoms with Gasteiger partial charge in [-0.15, -0.1) is 11.3 Å². The van der Waals surface area contributed by atoms with Crippen molar-refractivity contribution in [2.75, 3.05) is 0 Å². The number of thiophene rings is 1. The summed E-state index contributed by atoms with van der Waals surface area (Å²) in [5.74, 6) is -0.139. The zero-order valence-electron chi connectivity index (χ0n) is 11.0. The van der Waals surface area contributed by atoms with Gasteiger partial charge in [0.2, 0.25) is 0 Å². The van der Waals surface area contributed by atoms with Crippen molar-refractivity contribution in [1.82, 2.24) is 5.32 Å². The Morgan fingerprint density at radius 2 is 2.00 bits per heavy atom. The molecule has 0 spiro atoms. The van der Waals surface area contributed by atoms with Crippen molar-refractivity contribution in [2.45, 2.75) is 33.4 Å². The molecule has 1 aromatic heterocycles. The van der Waals surface area contributed by atoms with Gasteiger partial charge in [0.05, 0.1) is 0 Å². The van der Waals surface area contributed by atoms with Crippen molar-refractivity contribution in [1.29, 1.82) is 0 Å². The Kier molecular flexibility index (Phi) is 4.15. The van der Waals surface area contributed by atoms with Gasteiger partial charge >= 0.3 is 0 Å². The van der Waals surface area contributed by atoms with Gasteiger partial charge in [-0.2, -0.15) is 0 Å². The zero-order valence-corrected chi connectivity index (χ0v) is 11.8. The standard InChI is InChI=1S/C15H18FNS/c1-10(2)17-9-12-5-6-13(14(16)8-12)15-7-4-11(3)18-15/h4-8,10,17H,9H2,1-3H3. The maximum atomic E-state index is 14.0. The van der Waals surface area contributed by atoms with Crippen LogP contribution in [0.2, 0.25) is 0 Å². The molecule has 1 aromatic carbocycles. The van der Waals surface area contributed by atoms with Crippen molar-refractivity contribution >= 4 is 11.3 Å². The van der Waals surface area contributed by atoms with E-state index < -0.39 is 0 Å². The lowest BCUT2D eigenvalue weighted by molar-refractivity contribution is 0.582. The van der Waals surface area contributed by atoms with Gasteiger partial charge in [0.15, 0.2) is 0 Å². The summed E-state index contributed by atoms with van der Waals surface area (Å²) < 4.78 is 14.0. The van der Waals surface area contributed by atoms with E-state index in [0.717, 1.165) is 10.4 Å². The maximum Gasteiger partial charge on any atom is 0.132 e. The van der Waals surface area contributed by atoms with Gasteiger partial charge in [-0.1, -0.05) is 26.0 Å². The third-order valence-corrected chi connectivity index (χ3v) is 3.79. The number of halogens is 1. The molecule has 2 aromatic rings. The second kappa shape index (κ2) is 5.63. The first-order valence-electron chi connectivity index (χ1n) is 6.15. The molecule has 18 heavy (non-hydrogen) atoms. The summed E-state index contributed by atoms with van der Waals surface area (Å²) in [7, 11) is 0. The fourth-order valence-corrected chi connectivity index (χ4v) is 2.66. The Morgan fingerprint density at radius 3 is 2.56 bits per heavy atom. The first-order chi connectivity index (χ1) is 8.56. The van der Waals surface area contributed by atoms with E-state index >= 15 is 0 Å². The molecule has 0 fully saturated rings. The summed E-state index contributed by atoms with van der Waals surface area (Å²) in [4.78, 5) is 2.20. The quantitative estimate of drug-likeness (QED) is 0.864. The Hall–Kier alpha value is -1.19. The van der Waals surface area contributed by atoms with Crippen LogP contribution in [-0.2, 0) is 6.54 Å². The molecule has 0 amide bonds. The number of hydrogen-bond acceptors (Lipinski definition) is 2. The van der Waals surface area contributed by atoms with Gasteiger partial charge in [-0.3, -0.25) is 0 Å². The van der Waals surface area contributed by atoms with Crippen LogP contribution in [0.4, 0.5) is 4.39 Å². The average Bonchev–Trinajstić information content (AvgIpc) is 2.73. The highest BCUT2D eigenvalue weighted by Gasteiger charge is 2.08. The number of aryl methyl sites for hydroxylation is 1. The van der Waals surface area contributed by atoms with Crippen molar-refractivity contribution in [2.24, 2.45) is 0 Å². The zero-order chi connectivity index (χ0) is 13.1. The van der Waals surface area contributed by atoms with E-state index in [0.29, 0.717) is 18.2 Å². The average molecular weight is 263 g/mol. The molecule has 0 saturated carbocycles. The molecular formula is C15H18FNS. The lowest BCUT2D eigenvalue weighted by atomic mass is 10.1. The molecule has 0 bridgehead atoms. The fraction of sp³-hybridized carbons (Fsp3) is 0.333. The minimum Gasteiger partial charge on any atom is -0.310 e. The van der Waals surface area contributed by atoms with Crippen molar-refractivity contribution in [3.8, 4) is 10.4 Å². The van der Waals surface area contributed by atoms with E-state index in [2.05, 4.69) is 19.2 Å². The Labute approximate surface area is 112 Å². The largest absolute Gasteiger partial charge is 0.310 e. The van der Waals surface area contributed by atoms with Crippen LogP contribution < -0.4 is 5.32 Å². The molecule has 3 heteroatoms. The SMILES string of the molecule is Cc1ccc(-c2ccc(CNC(C)C)cc2F)s1. The van der Waals surface area contributed by atoms with Gasteiger partial charge in [0.25, 0.3) is 0 Å². The van der Waals surface area contributed by atoms with E-state index in [-0.39, 0.29) is 5.82 Å². The summed E-state index contributed by atoms with van der Waals surface area (Å²) in [6, 6.07) is 9.89. The monoisotopic (exact) mass is 263 g/mol. The summed E-state index contributed by atoms with van der Waals surface area (Å²) in [6.07, 6.45) is 0. The minimum atomic E-state index is -0.139. The lowest BCUT2D eigenvalue weighted by Crippen LogP contribution is -2.21. The van der Waals surface area contributed by atoms with Crippen LogP contribution >= 0.6 is 11.3 Å². The van der Waals surface area contributed by atoms with E-state index in [1.54, 1.807) is 17.4 Å². The smallest absolute Gasteiger partial charge is 0.132 e. The van der Waals surface area contributed by atoms with Crippen LogP contribution in [-0.4, -0.2) is 6.04 Å². The molecule has 0 aliphatic carbocycles. The van der Waals surface area contributed by atoms with Crippen LogP contribution in [0.15, 0.2) is 30.3 Å². The number of nitrogens with one attached hydrogen (secondary N) is 1. The van der Waals surface area contributed by atoms with E-state index in [1.807, 2.05) is 31.2 Å². The Bertz CT molecular complexity index is 531. The van der Waals surface area contributed by atoms with Gasteiger partial charge < -0.3 is 5.32 Å². The van der Waals surface area contributed by atoms with Crippen LogP contribution in [0, 0.1) is 12.7 Å². The molecule has 1 N–H and O–H groups in total. The van der Waals surface area contributed by atoms with Crippen molar-refractivity contribution in [3.63, 3.8) is 0 Å². The predicted molar refractivity (Wildman–Crippen MR) is 76.4 cm³/mol. The first kappa shape index (κ1) is 13.2. The van der Waals surface area contributed by atoms with Crippen molar-refractivity contribution < 1.29 is 4.39 Å². The van der Waals surface area contributed by atoms with Crippen LogP contribution in [0.25, 0.3) is 10.4 Å². The molecule has 1 heterocycles. The highest BCUT2D eigenvalue weighted by molar-refractivity contribution is 7.15. The third-order valence-electron chi connectivity index (χ3n) is 2.75. The molecule has 0 atom stereocenters. The van der Waals surface area contributed by atoms with E-state index in [4.69, 9.17) is 0 Å². The number of hydrogen-bond donors (Lipinski definition) is 1. The minimum absolute atomic E-state index is 0.139. The van der Waals surface area contributed by atoms with Gasteiger partial charge in [0, 0.05) is 27.9 Å². The third kappa shape index (κ3) is 3.18. The fourth-order valence-electron chi connectivity index (χ4n) is 1.77. The molecule has 96 valence electrons. The van der Waals surface area contributed by atoms with Gasteiger partial charge in [-0.05, 0) is 30.7 Å². The molecule has 1 nitrogen and oxygen atoms in total.